The summed E-state index contributed by atoms with van der Waals surface area (Å²) in [7, 11) is 0. The minimum Gasteiger partial charge on any atom is -0.358 e. The van der Waals surface area contributed by atoms with Crippen LogP contribution in [0.3, 0.4) is 0 Å². The molecule has 0 aliphatic carbocycles. The number of halogens is 1. The van der Waals surface area contributed by atoms with Crippen LogP contribution in [0.1, 0.15) is 27.6 Å². The van der Waals surface area contributed by atoms with Crippen LogP contribution in [0.5, 0.6) is 0 Å². The number of hydrogen-bond acceptors (Lipinski definition) is 1. The Balaban J connectivity index is 2.00. The number of para-hydroxylation sites is 1. The Bertz CT molecular complexity index is 952. The summed E-state index contributed by atoms with van der Waals surface area (Å²) in [5, 5.41) is 1.28. The first-order chi connectivity index (χ1) is 11.2. The molecule has 0 radical (unpaired) electrons. The minimum absolute atomic E-state index is 0.199. The summed E-state index contributed by atoms with van der Waals surface area (Å²) in [6.07, 6.45) is 0. The number of hydrogen-bond donors (Lipinski definition) is 1. The predicted molar refractivity (Wildman–Crippen MR) is 99.8 cm³/mol. The lowest BCUT2D eigenvalue weighted by atomic mass is 9.88. The summed E-state index contributed by atoms with van der Waals surface area (Å²) in [5.41, 5.74) is 5.03. The van der Waals surface area contributed by atoms with Gasteiger partial charge in [-0.05, 0) is 36.2 Å². The zero-order valence-electron chi connectivity index (χ0n) is 12.7. The molecule has 0 unspecified atom stereocenters. The number of thiophene rings is 1. The van der Waals surface area contributed by atoms with Gasteiger partial charge in [-0.15, -0.1) is 11.3 Å². The highest BCUT2D eigenvalue weighted by molar-refractivity contribution is 7.16. The van der Waals surface area contributed by atoms with Crippen LogP contribution in [0.15, 0.2) is 66.7 Å². The van der Waals surface area contributed by atoms with Crippen molar-refractivity contribution in [3.05, 3.63) is 92.8 Å². The highest BCUT2D eigenvalue weighted by Crippen LogP contribution is 2.41. The van der Waals surface area contributed by atoms with Gasteiger partial charge < -0.3 is 4.98 Å². The van der Waals surface area contributed by atoms with E-state index >= 15 is 0 Å². The van der Waals surface area contributed by atoms with E-state index in [2.05, 4.69) is 72.6 Å². The molecular weight excluding hydrogens is 322 g/mol. The van der Waals surface area contributed by atoms with Crippen LogP contribution in [0.4, 0.5) is 0 Å². The normalized spacial score (nSPS) is 12.6. The third-order valence-electron chi connectivity index (χ3n) is 4.24. The van der Waals surface area contributed by atoms with Crippen molar-refractivity contribution in [3.8, 4) is 0 Å². The summed E-state index contributed by atoms with van der Waals surface area (Å²) in [6, 6.07) is 23.3. The molecule has 0 amide bonds. The van der Waals surface area contributed by atoms with Gasteiger partial charge in [-0.25, -0.2) is 0 Å². The highest BCUT2D eigenvalue weighted by Gasteiger charge is 2.23. The standard InChI is InChI=1S/C20H16ClNS/c1-13-19(15-9-5-6-10-16(15)22-13)20(14-7-3-2-4-8-14)17-11-12-18(21)23-17/h2-12,20,22H,1H3/t20-/m0/s1. The van der Waals surface area contributed by atoms with E-state index in [-0.39, 0.29) is 5.92 Å². The van der Waals surface area contributed by atoms with E-state index in [1.165, 1.54) is 32.6 Å². The average molecular weight is 338 g/mol. The molecule has 1 N–H and O–H groups in total. The number of aromatic nitrogens is 1. The molecule has 0 fully saturated rings. The maximum Gasteiger partial charge on any atom is 0.0931 e. The fourth-order valence-corrected chi connectivity index (χ4v) is 4.47. The van der Waals surface area contributed by atoms with Crippen molar-refractivity contribution in [2.24, 2.45) is 0 Å². The van der Waals surface area contributed by atoms with Gasteiger partial charge in [-0.2, -0.15) is 0 Å². The maximum atomic E-state index is 6.22. The fraction of sp³-hybridized carbons (Fsp3) is 0.100. The van der Waals surface area contributed by atoms with Crippen molar-refractivity contribution in [2.75, 3.05) is 0 Å². The van der Waals surface area contributed by atoms with Gasteiger partial charge in [0.2, 0.25) is 0 Å². The molecule has 4 rings (SSSR count). The summed E-state index contributed by atoms with van der Waals surface area (Å²) in [5.74, 6) is 0.199. The molecule has 3 heteroatoms. The van der Waals surface area contributed by atoms with Crippen LogP contribution in [0.25, 0.3) is 10.9 Å². The molecule has 0 saturated heterocycles. The van der Waals surface area contributed by atoms with Crippen LogP contribution >= 0.6 is 22.9 Å². The molecule has 0 saturated carbocycles. The quantitative estimate of drug-likeness (QED) is 0.447. The first kappa shape index (κ1) is 14.6. The van der Waals surface area contributed by atoms with Gasteiger partial charge >= 0.3 is 0 Å². The van der Waals surface area contributed by atoms with E-state index in [1.54, 1.807) is 11.3 Å². The van der Waals surface area contributed by atoms with Crippen LogP contribution in [-0.4, -0.2) is 4.98 Å². The number of aryl methyl sites for hydroxylation is 1. The lowest BCUT2D eigenvalue weighted by molar-refractivity contribution is 0.994. The van der Waals surface area contributed by atoms with E-state index in [9.17, 15) is 0 Å². The van der Waals surface area contributed by atoms with E-state index in [1.807, 2.05) is 6.07 Å². The Hall–Kier alpha value is -2.03. The lowest BCUT2D eigenvalue weighted by Gasteiger charge is -2.17. The van der Waals surface area contributed by atoms with Crippen molar-refractivity contribution in [1.82, 2.24) is 4.98 Å². The number of benzene rings is 2. The van der Waals surface area contributed by atoms with Crippen LogP contribution in [-0.2, 0) is 0 Å². The minimum atomic E-state index is 0.199. The zero-order valence-corrected chi connectivity index (χ0v) is 14.3. The number of fused-ring (bicyclic) bond motifs is 1. The second-order valence-corrected chi connectivity index (χ2v) is 7.44. The predicted octanol–water partition coefficient (Wildman–Crippen LogP) is 6.37. The molecule has 2 heterocycles. The van der Waals surface area contributed by atoms with Crippen molar-refractivity contribution in [2.45, 2.75) is 12.8 Å². The van der Waals surface area contributed by atoms with Gasteiger partial charge in [-0.1, -0.05) is 60.1 Å². The molecule has 4 aromatic rings. The topological polar surface area (TPSA) is 15.8 Å². The lowest BCUT2D eigenvalue weighted by Crippen LogP contribution is -2.02. The number of nitrogens with one attached hydrogen (secondary N) is 1. The van der Waals surface area contributed by atoms with Gasteiger partial charge in [0, 0.05) is 27.4 Å². The van der Waals surface area contributed by atoms with Crippen LogP contribution in [0.2, 0.25) is 4.34 Å². The first-order valence-corrected chi connectivity index (χ1v) is 8.81. The third kappa shape index (κ3) is 2.58. The Morgan fingerprint density at radius 1 is 0.913 bits per heavy atom. The second-order valence-electron chi connectivity index (χ2n) is 5.69. The van der Waals surface area contributed by atoms with Gasteiger partial charge in [0.05, 0.1) is 4.34 Å². The average Bonchev–Trinajstić information content (AvgIpc) is 3.13. The molecule has 23 heavy (non-hydrogen) atoms. The van der Waals surface area contributed by atoms with Gasteiger partial charge in [0.1, 0.15) is 0 Å². The zero-order chi connectivity index (χ0) is 15.8. The largest absolute Gasteiger partial charge is 0.358 e. The third-order valence-corrected chi connectivity index (χ3v) is 5.54. The molecule has 0 aliphatic heterocycles. The smallest absolute Gasteiger partial charge is 0.0931 e. The maximum absolute atomic E-state index is 6.22. The van der Waals surface area contributed by atoms with E-state index in [0.29, 0.717) is 0 Å². The summed E-state index contributed by atoms with van der Waals surface area (Å²) in [6.45, 7) is 2.15. The van der Waals surface area contributed by atoms with Crippen molar-refractivity contribution >= 4 is 33.8 Å². The highest BCUT2D eigenvalue weighted by atomic mass is 35.5. The molecule has 1 atom stereocenters. The van der Waals surface area contributed by atoms with Crippen molar-refractivity contribution in [1.29, 1.82) is 0 Å². The Morgan fingerprint density at radius 3 is 2.39 bits per heavy atom. The van der Waals surface area contributed by atoms with Crippen molar-refractivity contribution in [3.63, 3.8) is 0 Å². The summed E-state index contributed by atoms with van der Waals surface area (Å²) >= 11 is 7.88. The molecule has 2 aromatic carbocycles. The Labute approximate surface area is 144 Å². The van der Waals surface area contributed by atoms with Crippen molar-refractivity contribution < 1.29 is 0 Å². The monoisotopic (exact) mass is 337 g/mol. The molecular formula is C20H16ClNS. The number of aromatic amines is 1. The first-order valence-electron chi connectivity index (χ1n) is 7.61. The fourth-order valence-electron chi connectivity index (χ4n) is 3.27. The summed E-state index contributed by atoms with van der Waals surface area (Å²) in [4.78, 5) is 4.80. The van der Waals surface area contributed by atoms with Gasteiger partial charge in [0.15, 0.2) is 0 Å². The Morgan fingerprint density at radius 2 is 1.65 bits per heavy atom. The van der Waals surface area contributed by atoms with Gasteiger partial charge in [-0.3, -0.25) is 0 Å². The van der Waals surface area contributed by atoms with Crippen LogP contribution in [0, 0.1) is 6.92 Å². The number of rotatable bonds is 3. The molecule has 114 valence electrons. The number of H-pyrrole nitrogens is 1. The van der Waals surface area contributed by atoms with E-state index < -0.39 is 0 Å². The van der Waals surface area contributed by atoms with E-state index in [0.717, 1.165) is 4.34 Å². The second kappa shape index (κ2) is 5.88. The summed E-state index contributed by atoms with van der Waals surface area (Å²) < 4.78 is 0.832. The molecule has 0 aliphatic rings. The molecule has 0 spiro atoms. The molecule has 1 nitrogen and oxygen atoms in total. The molecule has 0 bridgehead atoms. The SMILES string of the molecule is Cc1[nH]c2ccccc2c1[C@@H](c1ccccc1)c1ccc(Cl)s1. The van der Waals surface area contributed by atoms with Gasteiger partial charge in [0.25, 0.3) is 0 Å². The molecule has 2 aromatic heterocycles. The van der Waals surface area contributed by atoms with Crippen LogP contribution < -0.4 is 0 Å². The Kier molecular flexibility index (Phi) is 3.72. The van der Waals surface area contributed by atoms with E-state index in [4.69, 9.17) is 11.6 Å².